The maximum Gasteiger partial charge on any atom is 0.191 e. The third kappa shape index (κ3) is 7.87. The van der Waals surface area contributed by atoms with Crippen LogP contribution in [0.25, 0.3) is 0 Å². The van der Waals surface area contributed by atoms with Gasteiger partial charge in [-0.05, 0) is 30.9 Å². The second-order valence-corrected chi connectivity index (χ2v) is 7.33. The summed E-state index contributed by atoms with van der Waals surface area (Å²) in [6, 6.07) is 8.54. The predicted molar refractivity (Wildman–Crippen MR) is 115 cm³/mol. The Hall–Kier alpha value is -2.38. The first-order valence-corrected chi connectivity index (χ1v) is 10.5. The maximum atomic E-state index is 5.76. The molecule has 1 fully saturated rings. The summed E-state index contributed by atoms with van der Waals surface area (Å²) in [4.78, 5) is 8.82. The van der Waals surface area contributed by atoms with Crippen LogP contribution in [0.5, 0.6) is 0 Å². The van der Waals surface area contributed by atoms with E-state index in [0.717, 1.165) is 64.9 Å². The minimum Gasteiger partial charge on any atom is -0.381 e. The van der Waals surface area contributed by atoms with E-state index in [4.69, 9.17) is 14.5 Å². The van der Waals surface area contributed by atoms with Crippen LogP contribution < -0.4 is 10.6 Å². The molecule has 7 nitrogen and oxygen atoms in total. The van der Waals surface area contributed by atoms with E-state index in [-0.39, 0.29) is 0 Å². The van der Waals surface area contributed by atoms with Crippen LogP contribution in [0.2, 0.25) is 0 Å². The van der Waals surface area contributed by atoms with E-state index in [2.05, 4.69) is 51.4 Å². The van der Waals surface area contributed by atoms with Gasteiger partial charge >= 0.3 is 0 Å². The molecule has 1 unspecified atom stereocenters. The molecule has 0 radical (unpaired) electrons. The summed E-state index contributed by atoms with van der Waals surface area (Å²) in [6.45, 7) is 8.52. The second kappa shape index (κ2) is 12.2. The number of nitrogens with zero attached hydrogens (tertiary/aromatic N) is 3. The van der Waals surface area contributed by atoms with Crippen molar-refractivity contribution in [1.29, 1.82) is 0 Å². The Morgan fingerprint density at radius 2 is 2.28 bits per heavy atom. The van der Waals surface area contributed by atoms with Gasteiger partial charge in [-0.25, -0.2) is 9.98 Å². The number of rotatable bonds is 11. The summed E-state index contributed by atoms with van der Waals surface area (Å²) in [5, 5.41) is 6.70. The van der Waals surface area contributed by atoms with Gasteiger partial charge in [0.05, 0.1) is 26.1 Å². The number of nitrogens with one attached hydrogen (secondary N) is 2. The van der Waals surface area contributed by atoms with Crippen LogP contribution in [0.1, 0.15) is 30.9 Å². The number of guanidine groups is 1. The first-order valence-electron chi connectivity index (χ1n) is 10.5. The van der Waals surface area contributed by atoms with E-state index >= 15 is 0 Å². The van der Waals surface area contributed by atoms with Gasteiger partial charge in [-0.2, -0.15) is 0 Å². The lowest BCUT2D eigenvalue weighted by Gasteiger charge is -2.12. The van der Waals surface area contributed by atoms with Crippen LogP contribution in [-0.2, 0) is 22.6 Å². The highest BCUT2D eigenvalue weighted by Gasteiger charge is 2.15. The fourth-order valence-corrected chi connectivity index (χ4v) is 3.28. The molecule has 0 spiro atoms. The van der Waals surface area contributed by atoms with Gasteiger partial charge in [0.25, 0.3) is 0 Å². The molecule has 2 N–H and O–H groups in total. The first-order chi connectivity index (χ1) is 14.3. The zero-order chi connectivity index (χ0) is 20.2. The Morgan fingerprint density at radius 3 is 3.07 bits per heavy atom. The average molecular weight is 400 g/mol. The lowest BCUT2D eigenvalue weighted by molar-refractivity contribution is 0.0888. The molecule has 2 aromatic rings. The largest absolute Gasteiger partial charge is 0.381 e. The van der Waals surface area contributed by atoms with E-state index in [1.165, 1.54) is 11.1 Å². The Bertz CT molecular complexity index is 727. The third-order valence-corrected chi connectivity index (χ3v) is 4.82. The van der Waals surface area contributed by atoms with E-state index in [0.29, 0.717) is 12.5 Å². The molecular formula is C22H33N5O2. The van der Waals surface area contributed by atoms with Gasteiger partial charge in [0, 0.05) is 51.2 Å². The van der Waals surface area contributed by atoms with Crippen molar-refractivity contribution in [1.82, 2.24) is 20.2 Å². The van der Waals surface area contributed by atoms with Gasteiger partial charge in [0.1, 0.15) is 0 Å². The lowest BCUT2D eigenvalue weighted by Crippen LogP contribution is -2.38. The van der Waals surface area contributed by atoms with Crippen LogP contribution in [-0.4, -0.2) is 55.0 Å². The quantitative estimate of drug-likeness (QED) is 0.345. The summed E-state index contributed by atoms with van der Waals surface area (Å²) in [6.07, 6.45) is 7.70. The molecule has 1 atom stereocenters. The summed E-state index contributed by atoms with van der Waals surface area (Å²) in [5.74, 6) is 1.42. The van der Waals surface area contributed by atoms with Crippen molar-refractivity contribution in [2.24, 2.45) is 10.9 Å². The Labute approximate surface area is 173 Å². The highest BCUT2D eigenvalue weighted by molar-refractivity contribution is 5.79. The number of aromatic nitrogens is 2. The van der Waals surface area contributed by atoms with E-state index in [1.54, 1.807) is 6.20 Å². The monoisotopic (exact) mass is 399 g/mol. The smallest absolute Gasteiger partial charge is 0.191 e. The molecule has 7 heteroatoms. The highest BCUT2D eigenvalue weighted by Crippen LogP contribution is 2.12. The molecule has 0 amide bonds. The normalized spacial score (nSPS) is 16.9. The molecule has 1 aromatic carbocycles. The molecule has 158 valence electrons. The van der Waals surface area contributed by atoms with Crippen molar-refractivity contribution in [2.45, 2.75) is 32.9 Å². The van der Waals surface area contributed by atoms with Crippen molar-refractivity contribution in [3.8, 4) is 0 Å². The van der Waals surface area contributed by atoms with Crippen LogP contribution >= 0.6 is 0 Å². The van der Waals surface area contributed by atoms with Crippen LogP contribution in [0.15, 0.2) is 48.0 Å². The molecule has 0 saturated carbocycles. The van der Waals surface area contributed by atoms with Gasteiger partial charge in [0.15, 0.2) is 5.96 Å². The van der Waals surface area contributed by atoms with Gasteiger partial charge in [-0.15, -0.1) is 0 Å². The van der Waals surface area contributed by atoms with Crippen LogP contribution in [0, 0.1) is 5.92 Å². The highest BCUT2D eigenvalue weighted by atomic mass is 16.5. The summed E-state index contributed by atoms with van der Waals surface area (Å²) in [5.41, 5.74) is 2.44. The molecular weight excluding hydrogens is 366 g/mol. The molecule has 0 aliphatic carbocycles. The van der Waals surface area contributed by atoms with Gasteiger partial charge in [-0.1, -0.05) is 24.3 Å². The summed E-state index contributed by atoms with van der Waals surface area (Å²) >= 11 is 0. The second-order valence-electron chi connectivity index (χ2n) is 7.33. The zero-order valence-electron chi connectivity index (χ0n) is 17.3. The van der Waals surface area contributed by atoms with Crippen molar-refractivity contribution in [3.63, 3.8) is 0 Å². The third-order valence-electron chi connectivity index (χ3n) is 4.82. The molecule has 1 aromatic heterocycles. The zero-order valence-corrected chi connectivity index (χ0v) is 17.3. The molecule has 0 bridgehead atoms. The van der Waals surface area contributed by atoms with Crippen molar-refractivity contribution in [3.05, 3.63) is 54.1 Å². The molecule has 3 rings (SSSR count). The number of hydrogen-bond acceptors (Lipinski definition) is 4. The number of imidazole rings is 1. The predicted octanol–water partition coefficient (Wildman–Crippen LogP) is 2.43. The van der Waals surface area contributed by atoms with Crippen molar-refractivity contribution < 1.29 is 9.47 Å². The molecule has 29 heavy (non-hydrogen) atoms. The Morgan fingerprint density at radius 1 is 1.34 bits per heavy atom. The van der Waals surface area contributed by atoms with Gasteiger partial charge in [0.2, 0.25) is 0 Å². The molecule has 1 saturated heterocycles. The minimum atomic E-state index is 0.575. The Kier molecular flexibility index (Phi) is 9.00. The van der Waals surface area contributed by atoms with Gasteiger partial charge in [-0.3, -0.25) is 0 Å². The Balaban J connectivity index is 1.40. The van der Waals surface area contributed by atoms with Crippen LogP contribution in [0.4, 0.5) is 0 Å². The fourth-order valence-electron chi connectivity index (χ4n) is 3.28. The van der Waals surface area contributed by atoms with Crippen LogP contribution in [0.3, 0.4) is 0 Å². The SMILES string of the molecule is CCNC(=NCc1cccc(Cn2ccnc2)c1)NCCCOCC1CCOC1. The minimum absolute atomic E-state index is 0.575. The maximum absolute atomic E-state index is 5.76. The van der Waals surface area contributed by atoms with Gasteiger partial charge < -0.3 is 24.7 Å². The van der Waals surface area contributed by atoms with E-state index < -0.39 is 0 Å². The molecule has 2 heterocycles. The fraction of sp³-hybridized carbons (Fsp3) is 0.545. The van der Waals surface area contributed by atoms with Crippen molar-refractivity contribution in [2.75, 3.05) is 39.5 Å². The number of hydrogen-bond donors (Lipinski definition) is 2. The first kappa shape index (κ1) is 21.3. The summed E-state index contributed by atoms with van der Waals surface area (Å²) < 4.78 is 13.2. The molecule has 1 aliphatic heterocycles. The van der Waals surface area contributed by atoms with E-state index in [1.807, 2.05) is 12.5 Å². The number of aliphatic imine (C=N–C) groups is 1. The summed E-state index contributed by atoms with van der Waals surface area (Å²) in [7, 11) is 0. The topological polar surface area (TPSA) is 72.7 Å². The van der Waals surface area contributed by atoms with Crippen molar-refractivity contribution >= 4 is 5.96 Å². The standard InChI is InChI=1S/C22H33N5O2/c1-2-24-22(25-8-4-11-28-16-21-7-12-29-17-21)26-14-19-5-3-6-20(13-19)15-27-10-9-23-18-27/h3,5-6,9-10,13,18,21H,2,4,7-8,11-12,14-17H2,1H3,(H2,24,25,26). The number of ether oxygens (including phenoxy) is 2. The number of benzene rings is 1. The molecule has 1 aliphatic rings. The average Bonchev–Trinajstić information content (AvgIpc) is 3.43. The lowest BCUT2D eigenvalue weighted by atomic mass is 10.1. The van der Waals surface area contributed by atoms with E-state index in [9.17, 15) is 0 Å².